The molecule has 0 radical (unpaired) electrons. The van der Waals surface area contributed by atoms with Gasteiger partial charge in [-0.1, -0.05) is 0 Å². The molecule has 0 bridgehead atoms. The van der Waals surface area contributed by atoms with Crippen molar-refractivity contribution in [3.8, 4) is 0 Å². The fraction of sp³-hybridized carbons (Fsp3) is 0.909. The number of fused-ring (bicyclic) bond motifs is 1. The van der Waals surface area contributed by atoms with E-state index in [-0.39, 0.29) is 11.8 Å². The fourth-order valence-corrected chi connectivity index (χ4v) is 3.39. The number of hydrogen-bond donors (Lipinski definition) is 1. The normalized spacial score (nSPS) is 44.2. The van der Waals surface area contributed by atoms with Crippen LogP contribution in [-0.2, 0) is 4.79 Å². The molecule has 2 atom stereocenters. The highest BCUT2D eigenvalue weighted by atomic mass is 16.1. The van der Waals surface area contributed by atoms with Crippen LogP contribution in [0.1, 0.15) is 26.2 Å². The van der Waals surface area contributed by atoms with Crippen LogP contribution >= 0.6 is 0 Å². The SMILES string of the molecule is CC1(N2CC3C(C2)C3C(N)=O)CCC1. The van der Waals surface area contributed by atoms with Crippen LogP contribution in [0.4, 0.5) is 0 Å². The molecule has 2 aliphatic carbocycles. The fourth-order valence-electron chi connectivity index (χ4n) is 3.39. The topological polar surface area (TPSA) is 46.3 Å². The first kappa shape index (κ1) is 8.72. The first-order valence-corrected chi connectivity index (χ1v) is 5.66. The van der Waals surface area contributed by atoms with E-state index in [2.05, 4.69) is 11.8 Å². The summed E-state index contributed by atoms with van der Waals surface area (Å²) in [7, 11) is 0. The molecule has 14 heavy (non-hydrogen) atoms. The third-order valence-corrected chi connectivity index (χ3v) is 4.72. The van der Waals surface area contributed by atoms with Gasteiger partial charge < -0.3 is 5.73 Å². The standard InChI is InChI=1S/C11H18N2O/c1-11(3-2-4-11)13-5-7-8(6-13)9(7)10(12)14/h7-9H,2-6H2,1H3,(H2,12,14). The minimum atomic E-state index is -0.0709. The average Bonchev–Trinajstić information content (AvgIpc) is 2.59. The minimum absolute atomic E-state index is 0.0709. The quantitative estimate of drug-likeness (QED) is 0.699. The van der Waals surface area contributed by atoms with Gasteiger partial charge in [0.25, 0.3) is 0 Å². The summed E-state index contributed by atoms with van der Waals surface area (Å²) in [6, 6.07) is 0. The number of piperidine rings is 1. The molecule has 0 aromatic heterocycles. The molecule has 1 heterocycles. The zero-order valence-electron chi connectivity index (χ0n) is 8.70. The predicted molar refractivity (Wildman–Crippen MR) is 53.5 cm³/mol. The van der Waals surface area contributed by atoms with E-state index in [1.807, 2.05) is 0 Å². The lowest BCUT2D eigenvalue weighted by Gasteiger charge is -2.47. The number of hydrogen-bond acceptors (Lipinski definition) is 2. The maximum absolute atomic E-state index is 11.0. The van der Waals surface area contributed by atoms with Crippen molar-refractivity contribution in [1.82, 2.24) is 4.90 Å². The van der Waals surface area contributed by atoms with Crippen LogP contribution in [-0.4, -0.2) is 29.4 Å². The van der Waals surface area contributed by atoms with E-state index in [1.54, 1.807) is 0 Å². The van der Waals surface area contributed by atoms with Crippen molar-refractivity contribution in [3.63, 3.8) is 0 Å². The van der Waals surface area contributed by atoms with E-state index in [0.717, 1.165) is 13.1 Å². The number of amides is 1. The number of rotatable bonds is 2. The highest BCUT2D eigenvalue weighted by molar-refractivity contribution is 5.80. The minimum Gasteiger partial charge on any atom is -0.369 e. The lowest BCUT2D eigenvalue weighted by Crippen LogP contribution is -2.51. The number of nitrogens with two attached hydrogens (primary N) is 1. The first-order chi connectivity index (χ1) is 6.62. The number of nitrogens with zero attached hydrogens (tertiary/aromatic N) is 1. The Balaban J connectivity index is 1.63. The van der Waals surface area contributed by atoms with E-state index in [9.17, 15) is 4.79 Å². The Bertz CT molecular complexity index is 273. The molecule has 2 unspecified atom stereocenters. The van der Waals surface area contributed by atoms with Gasteiger partial charge in [0.15, 0.2) is 0 Å². The zero-order chi connectivity index (χ0) is 9.92. The van der Waals surface area contributed by atoms with Crippen molar-refractivity contribution < 1.29 is 4.79 Å². The maximum atomic E-state index is 11.0. The molecule has 0 spiro atoms. The number of primary amides is 1. The van der Waals surface area contributed by atoms with Crippen LogP contribution < -0.4 is 5.73 Å². The summed E-state index contributed by atoms with van der Waals surface area (Å²) in [4.78, 5) is 13.6. The summed E-state index contributed by atoms with van der Waals surface area (Å²) < 4.78 is 0. The molecule has 3 fully saturated rings. The van der Waals surface area contributed by atoms with Crippen LogP contribution in [0.2, 0.25) is 0 Å². The summed E-state index contributed by atoms with van der Waals surface area (Å²) in [6.07, 6.45) is 4.06. The molecular formula is C11H18N2O. The van der Waals surface area contributed by atoms with Crippen LogP contribution in [0.5, 0.6) is 0 Å². The lowest BCUT2D eigenvalue weighted by molar-refractivity contribution is -0.120. The number of carbonyl (C=O) groups is 1. The van der Waals surface area contributed by atoms with E-state index in [4.69, 9.17) is 5.73 Å². The van der Waals surface area contributed by atoms with E-state index >= 15 is 0 Å². The van der Waals surface area contributed by atoms with Gasteiger partial charge in [0.1, 0.15) is 0 Å². The molecule has 1 amide bonds. The Morgan fingerprint density at radius 3 is 2.29 bits per heavy atom. The van der Waals surface area contributed by atoms with Gasteiger partial charge in [-0.2, -0.15) is 0 Å². The van der Waals surface area contributed by atoms with E-state index in [1.165, 1.54) is 19.3 Å². The molecular weight excluding hydrogens is 176 g/mol. The second kappa shape index (κ2) is 2.51. The average molecular weight is 194 g/mol. The molecule has 0 aromatic rings. The highest BCUT2D eigenvalue weighted by Gasteiger charge is 2.61. The third kappa shape index (κ3) is 0.991. The summed E-state index contributed by atoms with van der Waals surface area (Å²) in [5, 5.41) is 0. The maximum Gasteiger partial charge on any atom is 0.221 e. The molecule has 3 aliphatic rings. The molecule has 78 valence electrons. The zero-order valence-corrected chi connectivity index (χ0v) is 8.70. The monoisotopic (exact) mass is 194 g/mol. The van der Waals surface area contributed by atoms with Crippen LogP contribution in [0.25, 0.3) is 0 Å². The first-order valence-electron chi connectivity index (χ1n) is 5.66. The largest absolute Gasteiger partial charge is 0.369 e. The second-order valence-electron chi connectivity index (χ2n) is 5.51. The van der Waals surface area contributed by atoms with Gasteiger partial charge in [0.05, 0.1) is 0 Å². The van der Waals surface area contributed by atoms with Gasteiger partial charge in [-0.05, 0) is 38.0 Å². The van der Waals surface area contributed by atoms with Gasteiger partial charge in [-0.15, -0.1) is 0 Å². The predicted octanol–water partition coefficient (Wildman–Crippen LogP) is 0.592. The van der Waals surface area contributed by atoms with Gasteiger partial charge in [0.2, 0.25) is 5.91 Å². The van der Waals surface area contributed by atoms with Crippen LogP contribution in [0.15, 0.2) is 0 Å². The Labute approximate surface area is 84.6 Å². The van der Waals surface area contributed by atoms with Crippen molar-refractivity contribution in [2.75, 3.05) is 13.1 Å². The summed E-state index contributed by atoms with van der Waals surface area (Å²) in [5.74, 6) is 1.35. The number of carbonyl (C=O) groups excluding carboxylic acids is 1. The summed E-state index contributed by atoms with van der Waals surface area (Å²) in [5.41, 5.74) is 5.80. The van der Waals surface area contributed by atoms with Crippen molar-refractivity contribution >= 4 is 5.91 Å². The highest BCUT2D eigenvalue weighted by Crippen LogP contribution is 2.55. The molecule has 2 saturated carbocycles. The Morgan fingerprint density at radius 1 is 1.36 bits per heavy atom. The van der Waals surface area contributed by atoms with Crippen molar-refractivity contribution in [2.45, 2.75) is 31.7 Å². The molecule has 1 saturated heterocycles. The molecule has 3 heteroatoms. The molecule has 3 nitrogen and oxygen atoms in total. The lowest BCUT2D eigenvalue weighted by atomic mass is 9.77. The molecule has 2 N–H and O–H groups in total. The van der Waals surface area contributed by atoms with E-state index in [0.29, 0.717) is 17.4 Å². The van der Waals surface area contributed by atoms with Gasteiger partial charge >= 0.3 is 0 Å². The van der Waals surface area contributed by atoms with E-state index < -0.39 is 0 Å². The van der Waals surface area contributed by atoms with Gasteiger partial charge in [-0.25, -0.2) is 0 Å². The second-order valence-corrected chi connectivity index (χ2v) is 5.51. The van der Waals surface area contributed by atoms with Crippen molar-refractivity contribution in [1.29, 1.82) is 0 Å². The summed E-state index contributed by atoms with van der Waals surface area (Å²) in [6.45, 7) is 4.60. The smallest absolute Gasteiger partial charge is 0.221 e. The van der Waals surface area contributed by atoms with Crippen molar-refractivity contribution in [3.05, 3.63) is 0 Å². The third-order valence-electron chi connectivity index (χ3n) is 4.72. The molecule has 0 aromatic carbocycles. The van der Waals surface area contributed by atoms with Gasteiger partial charge in [0, 0.05) is 24.5 Å². The van der Waals surface area contributed by atoms with Gasteiger partial charge in [-0.3, -0.25) is 9.69 Å². The van der Waals surface area contributed by atoms with Crippen LogP contribution in [0.3, 0.4) is 0 Å². The number of likely N-dealkylation sites (tertiary alicyclic amines) is 1. The van der Waals surface area contributed by atoms with Crippen molar-refractivity contribution in [2.24, 2.45) is 23.5 Å². The molecule has 3 rings (SSSR count). The summed E-state index contributed by atoms with van der Waals surface area (Å²) >= 11 is 0. The Hall–Kier alpha value is -0.570. The Morgan fingerprint density at radius 2 is 1.93 bits per heavy atom. The molecule has 1 aliphatic heterocycles. The van der Waals surface area contributed by atoms with Crippen LogP contribution in [0, 0.1) is 17.8 Å². The Kier molecular flexibility index (Phi) is 1.56.